The molecule has 0 atom stereocenters. The molecule has 4 heteroatoms. The maximum absolute atomic E-state index is 14.4. The van der Waals surface area contributed by atoms with Gasteiger partial charge in [0.15, 0.2) is 11.5 Å². The molecule has 116 valence electrons. The topological polar surface area (TPSA) is 44.5 Å². The van der Waals surface area contributed by atoms with Crippen LogP contribution in [0.1, 0.15) is 57.1 Å². The van der Waals surface area contributed by atoms with Crippen molar-refractivity contribution >= 4 is 0 Å². The summed E-state index contributed by atoms with van der Waals surface area (Å²) in [5.41, 5.74) is 6.31. The normalized spacial score (nSPS) is 20.6. The van der Waals surface area contributed by atoms with Crippen LogP contribution in [0.15, 0.2) is 12.1 Å². The predicted octanol–water partition coefficient (Wildman–Crippen LogP) is 3.78. The lowest BCUT2D eigenvalue weighted by atomic mass is 9.68. The van der Waals surface area contributed by atoms with E-state index >= 15 is 0 Å². The van der Waals surface area contributed by atoms with Crippen molar-refractivity contribution in [3.63, 3.8) is 0 Å². The molecule has 3 rings (SSSR count). The first-order valence-electron chi connectivity index (χ1n) is 7.80. The fraction of sp³-hybridized carbons (Fsp3) is 0.647. The predicted molar refractivity (Wildman–Crippen MR) is 80.5 cm³/mol. The summed E-state index contributed by atoms with van der Waals surface area (Å²) >= 11 is 0. The molecule has 3 nitrogen and oxygen atoms in total. The minimum atomic E-state index is -1.40. The average molecular weight is 293 g/mol. The van der Waals surface area contributed by atoms with Gasteiger partial charge in [0.05, 0.1) is 0 Å². The number of ether oxygens (including phenoxy) is 2. The van der Waals surface area contributed by atoms with Crippen LogP contribution in [-0.4, -0.2) is 13.3 Å². The van der Waals surface area contributed by atoms with Crippen LogP contribution in [0.2, 0.25) is 0 Å². The zero-order valence-corrected chi connectivity index (χ0v) is 12.9. The van der Waals surface area contributed by atoms with E-state index in [2.05, 4.69) is 0 Å². The molecular weight excluding hydrogens is 269 g/mol. The Morgan fingerprint density at radius 3 is 2.52 bits per heavy atom. The monoisotopic (exact) mass is 293 g/mol. The van der Waals surface area contributed by atoms with Crippen LogP contribution in [0, 0.1) is 0 Å². The maximum atomic E-state index is 14.4. The fourth-order valence-corrected chi connectivity index (χ4v) is 3.56. The summed E-state index contributed by atoms with van der Waals surface area (Å²) in [5.74, 6) is 1.43. The Balaban J connectivity index is 2.14. The summed E-state index contributed by atoms with van der Waals surface area (Å²) < 4.78 is 25.6. The zero-order chi connectivity index (χ0) is 15.1. The molecule has 1 aliphatic carbocycles. The van der Waals surface area contributed by atoms with Crippen molar-refractivity contribution in [3.8, 4) is 11.5 Å². The Bertz CT molecular complexity index is 530. The van der Waals surface area contributed by atoms with Gasteiger partial charge in [-0.15, -0.1) is 0 Å². The van der Waals surface area contributed by atoms with Gasteiger partial charge < -0.3 is 15.2 Å². The highest BCUT2D eigenvalue weighted by Crippen LogP contribution is 2.49. The highest BCUT2D eigenvalue weighted by Gasteiger charge is 2.39. The number of benzene rings is 1. The van der Waals surface area contributed by atoms with Crippen molar-refractivity contribution in [1.82, 2.24) is 0 Å². The number of rotatable bonds is 3. The molecular formula is C17H24FNO2. The van der Waals surface area contributed by atoms with Crippen LogP contribution in [0.4, 0.5) is 4.39 Å². The second-order valence-corrected chi connectivity index (χ2v) is 6.78. The zero-order valence-electron chi connectivity index (χ0n) is 12.9. The van der Waals surface area contributed by atoms with Crippen molar-refractivity contribution in [2.24, 2.45) is 5.73 Å². The van der Waals surface area contributed by atoms with Gasteiger partial charge in [0.25, 0.3) is 0 Å². The summed E-state index contributed by atoms with van der Waals surface area (Å²) in [6.07, 6.45) is 5.65. The van der Waals surface area contributed by atoms with Crippen molar-refractivity contribution in [3.05, 3.63) is 23.3 Å². The lowest BCUT2D eigenvalue weighted by Crippen LogP contribution is -2.37. The first-order valence-corrected chi connectivity index (χ1v) is 7.80. The fourth-order valence-electron chi connectivity index (χ4n) is 3.56. The Hall–Kier alpha value is -1.29. The van der Waals surface area contributed by atoms with Crippen LogP contribution >= 0.6 is 0 Å². The van der Waals surface area contributed by atoms with Gasteiger partial charge in [-0.1, -0.05) is 19.3 Å². The van der Waals surface area contributed by atoms with Gasteiger partial charge in [-0.05, 0) is 44.4 Å². The number of fused-ring (bicyclic) bond motifs is 1. The standard InChI is InChI=1S/C17H24FNO2/c1-16(2,18)12-8-13(15-14(9-12)20-11-21-15)17(10-19)6-4-3-5-7-17/h8-9H,3-7,10-11,19H2,1-2H3. The average Bonchev–Trinajstić information content (AvgIpc) is 2.94. The van der Waals surface area contributed by atoms with Crippen molar-refractivity contribution in [1.29, 1.82) is 0 Å². The van der Waals surface area contributed by atoms with Gasteiger partial charge >= 0.3 is 0 Å². The van der Waals surface area contributed by atoms with Gasteiger partial charge in [0, 0.05) is 17.5 Å². The molecule has 0 spiro atoms. The summed E-state index contributed by atoms with van der Waals surface area (Å²) in [6.45, 7) is 3.92. The van der Waals surface area contributed by atoms with E-state index in [4.69, 9.17) is 15.2 Å². The summed E-state index contributed by atoms with van der Waals surface area (Å²) in [4.78, 5) is 0. The van der Waals surface area contributed by atoms with E-state index in [0.29, 0.717) is 17.9 Å². The molecule has 0 bridgehead atoms. The molecule has 1 aliphatic heterocycles. The van der Waals surface area contributed by atoms with E-state index in [1.54, 1.807) is 19.9 Å². The van der Waals surface area contributed by atoms with Crippen molar-refractivity contribution in [2.75, 3.05) is 13.3 Å². The Morgan fingerprint density at radius 1 is 1.19 bits per heavy atom. The van der Waals surface area contributed by atoms with E-state index in [-0.39, 0.29) is 12.2 Å². The van der Waals surface area contributed by atoms with Gasteiger partial charge in [-0.3, -0.25) is 0 Å². The highest BCUT2D eigenvalue weighted by atomic mass is 19.1. The van der Waals surface area contributed by atoms with Gasteiger partial charge in [-0.2, -0.15) is 0 Å². The SMILES string of the molecule is CC(C)(F)c1cc2c(c(C3(CN)CCCCC3)c1)OCO2. The van der Waals surface area contributed by atoms with Crippen LogP contribution in [0.3, 0.4) is 0 Å². The van der Waals surface area contributed by atoms with Crippen molar-refractivity contribution in [2.45, 2.75) is 57.0 Å². The quantitative estimate of drug-likeness (QED) is 0.922. The minimum absolute atomic E-state index is 0.0999. The molecule has 2 N–H and O–H groups in total. The van der Waals surface area contributed by atoms with E-state index in [1.165, 1.54) is 6.42 Å². The van der Waals surface area contributed by atoms with E-state index in [0.717, 1.165) is 37.0 Å². The molecule has 1 saturated carbocycles. The number of alkyl halides is 1. The molecule has 1 heterocycles. The Morgan fingerprint density at radius 2 is 1.90 bits per heavy atom. The number of nitrogens with two attached hydrogens (primary N) is 1. The second-order valence-electron chi connectivity index (χ2n) is 6.78. The number of hydrogen-bond donors (Lipinski definition) is 1. The second kappa shape index (κ2) is 5.16. The molecule has 21 heavy (non-hydrogen) atoms. The molecule has 0 saturated heterocycles. The minimum Gasteiger partial charge on any atom is -0.454 e. The smallest absolute Gasteiger partial charge is 0.231 e. The lowest BCUT2D eigenvalue weighted by Gasteiger charge is -2.38. The third kappa shape index (κ3) is 2.50. The van der Waals surface area contributed by atoms with Crippen molar-refractivity contribution < 1.29 is 13.9 Å². The molecule has 1 aromatic rings. The van der Waals surface area contributed by atoms with Crippen LogP contribution in [-0.2, 0) is 11.1 Å². The van der Waals surface area contributed by atoms with Gasteiger partial charge in [0.2, 0.25) is 6.79 Å². The molecule has 2 aliphatic rings. The van der Waals surface area contributed by atoms with Crippen LogP contribution in [0.5, 0.6) is 11.5 Å². The molecule has 1 fully saturated rings. The molecule has 0 unspecified atom stereocenters. The molecule has 1 aromatic carbocycles. The number of hydrogen-bond acceptors (Lipinski definition) is 3. The van der Waals surface area contributed by atoms with E-state index in [9.17, 15) is 4.39 Å². The molecule has 0 radical (unpaired) electrons. The summed E-state index contributed by atoms with van der Waals surface area (Å²) in [7, 11) is 0. The lowest BCUT2D eigenvalue weighted by molar-refractivity contribution is 0.170. The third-order valence-electron chi connectivity index (χ3n) is 4.93. The Labute approximate surface area is 125 Å². The molecule has 0 amide bonds. The maximum Gasteiger partial charge on any atom is 0.231 e. The van der Waals surface area contributed by atoms with Gasteiger partial charge in [-0.25, -0.2) is 4.39 Å². The van der Waals surface area contributed by atoms with Gasteiger partial charge in [0.1, 0.15) is 5.67 Å². The van der Waals surface area contributed by atoms with E-state index in [1.807, 2.05) is 6.07 Å². The third-order valence-corrected chi connectivity index (χ3v) is 4.93. The first kappa shape index (κ1) is 14.6. The number of halogens is 1. The van der Waals surface area contributed by atoms with Crippen LogP contribution < -0.4 is 15.2 Å². The van der Waals surface area contributed by atoms with E-state index < -0.39 is 5.67 Å². The largest absolute Gasteiger partial charge is 0.454 e. The summed E-state index contributed by atoms with van der Waals surface area (Å²) in [6, 6.07) is 3.71. The van der Waals surface area contributed by atoms with Crippen LogP contribution in [0.25, 0.3) is 0 Å². The highest BCUT2D eigenvalue weighted by molar-refractivity contribution is 5.55. The Kier molecular flexibility index (Phi) is 3.60. The summed E-state index contributed by atoms with van der Waals surface area (Å²) in [5, 5.41) is 0. The first-order chi connectivity index (χ1) is 9.96. The molecule has 0 aromatic heterocycles.